The number of methoxy groups -OCH3 is 1. The van der Waals surface area contributed by atoms with Crippen molar-refractivity contribution >= 4 is 11.8 Å². The number of carbonyl (C=O) groups excluding carboxylic acids is 2. The van der Waals surface area contributed by atoms with Crippen molar-refractivity contribution < 1.29 is 19.4 Å². The molecule has 1 heterocycles. The number of nitrogens with zero attached hydrogens (tertiary/aromatic N) is 1. The molecule has 0 aromatic heterocycles. The summed E-state index contributed by atoms with van der Waals surface area (Å²) in [5, 5.41) is 13.0. The minimum Gasteiger partial charge on any atom is -0.388 e. The second-order valence-corrected chi connectivity index (χ2v) is 5.88. The highest BCUT2D eigenvalue weighted by Gasteiger charge is 2.36. The Morgan fingerprint density at radius 1 is 1.50 bits per heavy atom. The summed E-state index contributed by atoms with van der Waals surface area (Å²) < 4.78 is 4.95. The molecule has 0 aromatic carbocycles. The molecule has 1 saturated heterocycles. The van der Waals surface area contributed by atoms with Crippen molar-refractivity contribution in [1.82, 2.24) is 10.2 Å². The normalized spacial score (nSPS) is 25.2. The molecule has 2 aliphatic rings. The molecule has 6 heteroatoms. The van der Waals surface area contributed by atoms with Gasteiger partial charge in [0.1, 0.15) is 0 Å². The van der Waals surface area contributed by atoms with Crippen LogP contribution in [-0.4, -0.2) is 60.8 Å². The van der Waals surface area contributed by atoms with Crippen LogP contribution in [0.2, 0.25) is 0 Å². The van der Waals surface area contributed by atoms with Crippen molar-refractivity contribution in [2.75, 3.05) is 33.4 Å². The predicted octanol–water partition coefficient (Wildman–Crippen LogP) is -0.0974. The van der Waals surface area contributed by atoms with Crippen molar-refractivity contribution in [2.45, 2.75) is 37.7 Å². The molecule has 2 fully saturated rings. The van der Waals surface area contributed by atoms with E-state index in [1.54, 1.807) is 12.0 Å². The first-order chi connectivity index (χ1) is 9.54. The molecule has 0 bridgehead atoms. The molecule has 20 heavy (non-hydrogen) atoms. The van der Waals surface area contributed by atoms with Gasteiger partial charge in [-0.25, -0.2) is 0 Å². The molecule has 1 unspecified atom stereocenters. The number of nitrogens with one attached hydrogen (secondary N) is 1. The number of rotatable bonds is 6. The van der Waals surface area contributed by atoms with Crippen LogP contribution in [0, 0.1) is 5.92 Å². The number of hydrogen-bond acceptors (Lipinski definition) is 4. The molecule has 0 radical (unpaired) electrons. The van der Waals surface area contributed by atoms with E-state index in [0.717, 1.165) is 25.7 Å². The molecule has 0 aromatic rings. The molecule has 1 aliphatic carbocycles. The fraction of sp³-hybridized carbons (Fsp3) is 0.857. The van der Waals surface area contributed by atoms with Crippen LogP contribution in [0.15, 0.2) is 0 Å². The quantitative estimate of drug-likeness (QED) is 0.714. The number of ether oxygens (including phenoxy) is 1. The third kappa shape index (κ3) is 3.70. The van der Waals surface area contributed by atoms with Crippen molar-refractivity contribution in [3.8, 4) is 0 Å². The number of amides is 2. The lowest BCUT2D eigenvalue weighted by atomic mass is 10.0. The predicted molar refractivity (Wildman–Crippen MR) is 73.0 cm³/mol. The Labute approximate surface area is 119 Å². The zero-order valence-electron chi connectivity index (χ0n) is 12.1. The standard InChI is InChI=1S/C14H24N2O4/c1-20-7-6-16-9-11(8-12(16)17)13(18)15-10-14(19)4-2-3-5-14/h11,19H,2-10H2,1H3,(H,15,18). The Morgan fingerprint density at radius 3 is 2.85 bits per heavy atom. The van der Waals surface area contributed by atoms with Crippen LogP contribution in [0.25, 0.3) is 0 Å². The molecule has 2 rings (SSSR count). The molecule has 0 spiro atoms. The summed E-state index contributed by atoms with van der Waals surface area (Å²) in [4.78, 5) is 25.5. The Morgan fingerprint density at radius 2 is 2.20 bits per heavy atom. The number of carbonyl (C=O) groups is 2. The zero-order chi connectivity index (χ0) is 14.6. The van der Waals surface area contributed by atoms with Crippen molar-refractivity contribution in [3.05, 3.63) is 0 Å². The van der Waals surface area contributed by atoms with Gasteiger partial charge >= 0.3 is 0 Å². The van der Waals surface area contributed by atoms with Crippen molar-refractivity contribution in [3.63, 3.8) is 0 Å². The van der Waals surface area contributed by atoms with E-state index in [0.29, 0.717) is 26.2 Å². The highest BCUT2D eigenvalue weighted by Crippen LogP contribution is 2.28. The minimum absolute atomic E-state index is 0.00165. The van der Waals surface area contributed by atoms with Crippen molar-refractivity contribution in [1.29, 1.82) is 0 Å². The SMILES string of the molecule is COCCN1CC(C(=O)NCC2(O)CCCC2)CC1=O. The maximum Gasteiger partial charge on any atom is 0.225 e. The van der Waals surface area contributed by atoms with Crippen LogP contribution in [-0.2, 0) is 14.3 Å². The van der Waals surface area contributed by atoms with Crippen molar-refractivity contribution in [2.24, 2.45) is 5.92 Å². The highest BCUT2D eigenvalue weighted by molar-refractivity contribution is 5.89. The monoisotopic (exact) mass is 284 g/mol. The van der Waals surface area contributed by atoms with Gasteiger partial charge in [0.2, 0.25) is 11.8 Å². The molecule has 1 atom stereocenters. The van der Waals surface area contributed by atoms with Crippen LogP contribution in [0.4, 0.5) is 0 Å². The topological polar surface area (TPSA) is 78.9 Å². The first-order valence-corrected chi connectivity index (χ1v) is 7.31. The molecular formula is C14H24N2O4. The van der Waals surface area contributed by atoms with E-state index in [4.69, 9.17) is 4.74 Å². The summed E-state index contributed by atoms with van der Waals surface area (Å²) in [5.74, 6) is -0.426. The third-order valence-corrected chi connectivity index (χ3v) is 4.28. The number of aliphatic hydroxyl groups is 1. The smallest absolute Gasteiger partial charge is 0.225 e. The van der Waals surface area contributed by atoms with Gasteiger partial charge in [0, 0.05) is 33.2 Å². The summed E-state index contributed by atoms with van der Waals surface area (Å²) in [5.41, 5.74) is -0.742. The summed E-state index contributed by atoms with van der Waals surface area (Å²) >= 11 is 0. The van der Waals surface area contributed by atoms with Gasteiger partial charge in [-0.1, -0.05) is 12.8 Å². The maximum absolute atomic E-state index is 12.1. The first-order valence-electron chi connectivity index (χ1n) is 7.31. The van der Waals surface area contributed by atoms with E-state index < -0.39 is 5.60 Å². The van der Waals surface area contributed by atoms with E-state index in [1.807, 2.05) is 0 Å². The number of hydrogen-bond donors (Lipinski definition) is 2. The molecule has 1 aliphatic heterocycles. The van der Waals surface area contributed by atoms with Gasteiger partial charge < -0.3 is 20.1 Å². The zero-order valence-corrected chi connectivity index (χ0v) is 12.1. The van der Waals surface area contributed by atoms with Crippen LogP contribution in [0.5, 0.6) is 0 Å². The van der Waals surface area contributed by atoms with Gasteiger partial charge in [-0.15, -0.1) is 0 Å². The molecule has 2 N–H and O–H groups in total. The summed E-state index contributed by atoms with van der Waals surface area (Å²) in [6, 6.07) is 0. The van der Waals surface area contributed by atoms with E-state index >= 15 is 0 Å². The van der Waals surface area contributed by atoms with Gasteiger partial charge in [-0.2, -0.15) is 0 Å². The maximum atomic E-state index is 12.1. The fourth-order valence-corrected chi connectivity index (χ4v) is 2.97. The molecule has 2 amide bonds. The van der Waals surface area contributed by atoms with Gasteiger partial charge in [0.25, 0.3) is 0 Å². The van der Waals surface area contributed by atoms with E-state index in [1.165, 1.54) is 0 Å². The lowest BCUT2D eigenvalue weighted by molar-refractivity contribution is -0.129. The summed E-state index contributed by atoms with van der Waals surface area (Å²) in [6.45, 7) is 1.77. The average molecular weight is 284 g/mol. The summed E-state index contributed by atoms with van der Waals surface area (Å²) in [7, 11) is 1.59. The molecule has 114 valence electrons. The Kier molecular flexibility index (Phi) is 4.99. The second-order valence-electron chi connectivity index (χ2n) is 5.88. The van der Waals surface area contributed by atoms with Crippen LogP contribution >= 0.6 is 0 Å². The number of likely N-dealkylation sites (tertiary alicyclic amines) is 1. The van der Waals surface area contributed by atoms with Gasteiger partial charge in [-0.05, 0) is 12.8 Å². The van der Waals surface area contributed by atoms with Crippen LogP contribution in [0.3, 0.4) is 0 Å². The Hall–Kier alpha value is -1.14. The lowest BCUT2D eigenvalue weighted by Crippen LogP contribution is -2.43. The van der Waals surface area contributed by atoms with E-state index in [2.05, 4.69) is 5.32 Å². The minimum atomic E-state index is -0.742. The Balaban J connectivity index is 1.77. The molecule has 6 nitrogen and oxygen atoms in total. The fourth-order valence-electron chi connectivity index (χ4n) is 2.97. The second kappa shape index (κ2) is 6.54. The van der Waals surface area contributed by atoms with E-state index in [9.17, 15) is 14.7 Å². The van der Waals surface area contributed by atoms with Gasteiger partial charge in [-0.3, -0.25) is 9.59 Å². The summed E-state index contributed by atoms with van der Waals surface area (Å²) in [6.07, 6.45) is 3.78. The van der Waals surface area contributed by atoms with Crippen LogP contribution in [0.1, 0.15) is 32.1 Å². The molecular weight excluding hydrogens is 260 g/mol. The average Bonchev–Trinajstić information content (AvgIpc) is 3.01. The highest BCUT2D eigenvalue weighted by atomic mass is 16.5. The first kappa shape index (κ1) is 15.3. The molecule has 1 saturated carbocycles. The lowest BCUT2D eigenvalue weighted by Gasteiger charge is -2.23. The van der Waals surface area contributed by atoms with Gasteiger partial charge in [0.05, 0.1) is 18.1 Å². The van der Waals surface area contributed by atoms with E-state index in [-0.39, 0.29) is 24.2 Å². The van der Waals surface area contributed by atoms with Crippen LogP contribution < -0.4 is 5.32 Å². The van der Waals surface area contributed by atoms with Gasteiger partial charge in [0.15, 0.2) is 0 Å². The third-order valence-electron chi connectivity index (χ3n) is 4.28. The largest absolute Gasteiger partial charge is 0.388 e. The Bertz CT molecular complexity index is 366.